The molecule has 4 heteroatoms. The molecule has 0 aromatic heterocycles. The predicted molar refractivity (Wildman–Crippen MR) is 121 cm³/mol. The van der Waals surface area contributed by atoms with Gasteiger partial charge in [0, 0.05) is 11.3 Å². The van der Waals surface area contributed by atoms with Crippen LogP contribution in [0.3, 0.4) is 0 Å². The Bertz CT molecular complexity index is 1160. The molecule has 0 aliphatic heterocycles. The van der Waals surface area contributed by atoms with Crippen molar-refractivity contribution in [2.45, 2.75) is 19.9 Å². The van der Waals surface area contributed by atoms with E-state index in [4.69, 9.17) is 0 Å². The molecule has 1 amide bonds. The van der Waals surface area contributed by atoms with Crippen LogP contribution in [-0.4, -0.2) is 18.2 Å². The molecule has 4 aromatic rings. The SMILES string of the molecule is Cc1cccc(N[C@H](C)C(=O)N/N=C\c2c3ccccc3cc3ccccc23)c1. The molecule has 0 aliphatic carbocycles. The van der Waals surface area contributed by atoms with Crippen molar-refractivity contribution in [2.75, 3.05) is 5.32 Å². The highest BCUT2D eigenvalue weighted by Gasteiger charge is 2.12. The summed E-state index contributed by atoms with van der Waals surface area (Å²) in [4.78, 5) is 12.5. The largest absolute Gasteiger partial charge is 0.374 e. The van der Waals surface area contributed by atoms with Gasteiger partial charge in [0.1, 0.15) is 6.04 Å². The Morgan fingerprint density at radius 2 is 1.55 bits per heavy atom. The number of hydrogen-bond acceptors (Lipinski definition) is 3. The van der Waals surface area contributed by atoms with Crippen LogP contribution in [0, 0.1) is 6.92 Å². The second-order valence-electron chi connectivity index (χ2n) is 7.20. The van der Waals surface area contributed by atoms with Crippen LogP contribution in [0.15, 0.2) is 84.0 Å². The molecule has 0 bridgehead atoms. The lowest BCUT2D eigenvalue weighted by atomic mass is 9.97. The minimum absolute atomic E-state index is 0.188. The first-order valence-corrected chi connectivity index (χ1v) is 9.68. The van der Waals surface area contributed by atoms with Gasteiger partial charge in [-0.05, 0) is 59.2 Å². The maximum absolute atomic E-state index is 12.5. The maximum Gasteiger partial charge on any atom is 0.262 e. The van der Waals surface area contributed by atoms with Crippen LogP contribution < -0.4 is 10.7 Å². The zero-order valence-electron chi connectivity index (χ0n) is 16.5. The van der Waals surface area contributed by atoms with E-state index in [1.165, 1.54) is 0 Å². The standard InChI is InChI=1S/C25H23N3O/c1-17-8-7-11-21(14-17)27-18(2)25(29)28-26-16-24-22-12-5-3-9-19(22)15-20-10-4-6-13-23(20)24/h3-16,18,27H,1-2H3,(H,28,29)/b26-16-/t18-/m1/s1. The minimum atomic E-state index is -0.404. The van der Waals surface area contributed by atoms with E-state index in [2.05, 4.69) is 46.2 Å². The van der Waals surface area contributed by atoms with Crippen molar-refractivity contribution >= 4 is 39.4 Å². The Balaban J connectivity index is 1.55. The van der Waals surface area contributed by atoms with Gasteiger partial charge in [0.2, 0.25) is 0 Å². The van der Waals surface area contributed by atoms with Gasteiger partial charge < -0.3 is 5.32 Å². The van der Waals surface area contributed by atoms with Gasteiger partial charge in [0.15, 0.2) is 0 Å². The van der Waals surface area contributed by atoms with Gasteiger partial charge in [0.05, 0.1) is 6.21 Å². The number of nitrogens with zero attached hydrogens (tertiary/aromatic N) is 1. The lowest BCUT2D eigenvalue weighted by molar-refractivity contribution is -0.121. The third-order valence-electron chi connectivity index (χ3n) is 4.98. The van der Waals surface area contributed by atoms with Crippen LogP contribution in [0.2, 0.25) is 0 Å². The number of carbonyl (C=O) groups is 1. The Labute approximate surface area is 170 Å². The van der Waals surface area contributed by atoms with Crippen molar-refractivity contribution in [1.82, 2.24) is 5.43 Å². The quantitative estimate of drug-likeness (QED) is 0.282. The molecule has 0 saturated carbocycles. The third-order valence-corrected chi connectivity index (χ3v) is 4.98. The van der Waals surface area contributed by atoms with Crippen molar-refractivity contribution in [3.8, 4) is 0 Å². The van der Waals surface area contributed by atoms with E-state index < -0.39 is 6.04 Å². The maximum atomic E-state index is 12.5. The second-order valence-corrected chi connectivity index (χ2v) is 7.20. The zero-order valence-corrected chi connectivity index (χ0v) is 16.5. The fourth-order valence-electron chi connectivity index (χ4n) is 3.50. The van der Waals surface area contributed by atoms with Crippen molar-refractivity contribution in [3.63, 3.8) is 0 Å². The van der Waals surface area contributed by atoms with Crippen LogP contribution >= 0.6 is 0 Å². The molecule has 0 saturated heterocycles. The first-order valence-electron chi connectivity index (χ1n) is 9.68. The topological polar surface area (TPSA) is 53.5 Å². The number of rotatable bonds is 5. The van der Waals surface area contributed by atoms with Gasteiger partial charge >= 0.3 is 0 Å². The van der Waals surface area contributed by atoms with Gasteiger partial charge in [-0.3, -0.25) is 4.79 Å². The van der Waals surface area contributed by atoms with E-state index in [9.17, 15) is 4.79 Å². The molecule has 2 N–H and O–H groups in total. The molecule has 0 spiro atoms. The molecular formula is C25H23N3O. The van der Waals surface area contributed by atoms with Crippen LogP contribution in [0.5, 0.6) is 0 Å². The number of carbonyl (C=O) groups excluding carboxylic acids is 1. The molecule has 29 heavy (non-hydrogen) atoms. The summed E-state index contributed by atoms with van der Waals surface area (Å²) in [5.41, 5.74) is 5.72. The van der Waals surface area contributed by atoms with E-state index in [0.717, 1.165) is 38.4 Å². The van der Waals surface area contributed by atoms with Gasteiger partial charge in [-0.1, -0.05) is 60.7 Å². The molecule has 0 heterocycles. The number of hydrogen-bond donors (Lipinski definition) is 2. The van der Waals surface area contributed by atoms with Crippen molar-refractivity contribution < 1.29 is 4.79 Å². The number of fused-ring (bicyclic) bond motifs is 2. The first kappa shape index (κ1) is 18.7. The van der Waals surface area contributed by atoms with Gasteiger partial charge in [0.25, 0.3) is 5.91 Å². The van der Waals surface area contributed by atoms with Crippen molar-refractivity contribution in [1.29, 1.82) is 0 Å². The lowest BCUT2D eigenvalue weighted by Gasteiger charge is -2.14. The molecule has 4 rings (SSSR count). The molecule has 0 aliphatic rings. The fraction of sp³-hybridized carbons (Fsp3) is 0.120. The molecule has 4 nitrogen and oxygen atoms in total. The monoisotopic (exact) mass is 381 g/mol. The first-order chi connectivity index (χ1) is 14.1. The van der Waals surface area contributed by atoms with E-state index >= 15 is 0 Å². The number of nitrogens with one attached hydrogen (secondary N) is 2. The summed E-state index contributed by atoms with van der Waals surface area (Å²) in [5.74, 6) is -0.188. The van der Waals surface area contributed by atoms with Crippen LogP contribution in [-0.2, 0) is 4.79 Å². The smallest absolute Gasteiger partial charge is 0.262 e. The van der Waals surface area contributed by atoms with E-state index in [1.807, 2.05) is 62.4 Å². The Hall–Kier alpha value is -3.66. The molecule has 4 aromatic carbocycles. The van der Waals surface area contributed by atoms with E-state index in [-0.39, 0.29) is 5.91 Å². The normalized spacial score (nSPS) is 12.3. The summed E-state index contributed by atoms with van der Waals surface area (Å²) < 4.78 is 0. The van der Waals surface area contributed by atoms with E-state index in [0.29, 0.717) is 0 Å². The average molecular weight is 381 g/mol. The molecule has 144 valence electrons. The second kappa shape index (κ2) is 8.15. The molecule has 1 atom stereocenters. The average Bonchev–Trinajstić information content (AvgIpc) is 2.73. The summed E-state index contributed by atoms with van der Waals surface area (Å²) in [6.07, 6.45) is 1.74. The van der Waals surface area contributed by atoms with E-state index in [1.54, 1.807) is 6.21 Å². The summed E-state index contributed by atoms with van der Waals surface area (Å²) in [6.45, 7) is 3.84. The molecule has 0 unspecified atom stereocenters. The minimum Gasteiger partial charge on any atom is -0.374 e. The highest BCUT2D eigenvalue weighted by Crippen LogP contribution is 2.27. The molecule has 0 fully saturated rings. The van der Waals surface area contributed by atoms with Crippen LogP contribution in [0.25, 0.3) is 21.5 Å². The van der Waals surface area contributed by atoms with Gasteiger partial charge in [-0.25, -0.2) is 5.43 Å². The highest BCUT2D eigenvalue weighted by molar-refractivity contribution is 6.13. The van der Waals surface area contributed by atoms with Gasteiger partial charge in [-0.15, -0.1) is 0 Å². The third kappa shape index (κ3) is 4.11. The van der Waals surface area contributed by atoms with Crippen LogP contribution in [0.1, 0.15) is 18.1 Å². The molecular weight excluding hydrogens is 358 g/mol. The number of benzene rings is 4. The number of anilines is 1. The fourth-order valence-corrected chi connectivity index (χ4v) is 3.50. The van der Waals surface area contributed by atoms with Gasteiger partial charge in [-0.2, -0.15) is 5.10 Å². The Kier molecular flexibility index (Phi) is 5.25. The summed E-state index contributed by atoms with van der Waals surface area (Å²) in [6, 6.07) is 26.1. The zero-order chi connectivity index (χ0) is 20.2. The highest BCUT2D eigenvalue weighted by atomic mass is 16.2. The summed E-state index contributed by atoms with van der Waals surface area (Å²) in [5, 5.41) is 12.0. The predicted octanol–water partition coefficient (Wildman–Crippen LogP) is 5.25. The number of amides is 1. The lowest BCUT2D eigenvalue weighted by Crippen LogP contribution is -2.34. The summed E-state index contributed by atoms with van der Waals surface area (Å²) in [7, 11) is 0. The summed E-state index contributed by atoms with van der Waals surface area (Å²) >= 11 is 0. The Morgan fingerprint density at radius 1 is 0.897 bits per heavy atom. The van der Waals surface area contributed by atoms with Crippen LogP contribution in [0.4, 0.5) is 5.69 Å². The Morgan fingerprint density at radius 3 is 2.21 bits per heavy atom. The number of hydrazone groups is 1. The number of aryl methyl sites for hydroxylation is 1. The van der Waals surface area contributed by atoms with Crippen molar-refractivity contribution in [3.05, 3.63) is 90.0 Å². The molecule has 0 radical (unpaired) electrons. The van der Waals surface area contributed by atoms with Crippen molar-refractivity contribution in [2.24, 2.45) is 5.10 Å².